The van der Waals surface area contributed by atoms with Crippen LogP contribution in [0.25, 0.3) is 11.8 Å². The lowest BCUT2D eigenvalue weighted by atomic mass is 9.97. The number of benzene rings is 2. The Kier molecular flexibility index (Phi) is 6.82. The van der Waals surface area contributed by atoms with E-state index in [4.69, 9.17) is 16.3 Å². The Hall–Kier alpha value is -3.42. The topological polar surface area (TPSA) is 80.6 Å². The number of nitrogens with zero attached hydrogens (tertiary/aromatic N) is 1. The number of hydrogen-bond acceptors (Lipinski definition) is 4. The van der Waals surface area contributed by atoms with Crippen molar-refractivity contribution in [3.05, 3.63) is 91.1 Å². The number of aliphatic hydroxyl groups is 1. The van der Waals surface area contributed by atoms with Crippen LogP contribution in [0.5, 0.6) is 11.5 Å². The number of fused-ring (bicyclic) bond motifs is 1. The number of aromatic nitrogens is 1. The number of likely N-dealkylation sites (N-methyl/N-ethyl adjacent to an activating group) is 1. The number of pyridine rings is 1. The maximum atomic E-state index is 13.9. The minimum Gasteiger partial charge on any atom is -0.455 e. The van der Waals surface area contributed by atoms with Gasteiger partial charge < -0.3 is 19.7 Å². The van der Waals surface area contributed by atoms with E-state index in [0.717, 1.165) is 0 Å². The van der Waals surface area contributed by atoms with E-state index in [-0.39, 0.29) is 28.6 Å². The molecule has 2 N–H and O–H groups in total. The molecule has 0 saturated carbocycles. The lowest BCUT2D eigenvalue weighted by molar-refractivity contribution is -0.117. The van der Waals surface area contributed by atoms with Crippen molar-refractivity contribution in [2.45, 2.75) is 46.6 Å². The Bertz CT molecular complexity index is 1440. The van der Waals surface area contributed by atoms with Crippen molar-refractivity contribution in [3.63, 3.8) is 0 Å². The normalized spacial score (nSPS) is 12.8. The highest BCUT2D eigenvalue weighted by Gasteiger charge is 2.27. The zero-order valence-electron chi connectivity index (χ0n) is 20.8. The van der Waals surface area contributed by atoms with Gasteiger partial charge in [-0.2, -0.15) is 0 Å². The molecular weight excluding hydrogens is 483 g/mol. The fraction of sp³-hybridized carbons (Fsp3) is 0.286. The summed E-state index contributed by atoms with van der Waals surface area (Å²) in [5.74, 6) is 0.289. The predicted octanol–water partition coefficient (Wildman–Crippen LogP) is 5.34. The first-order valence-corrected chi connectivity index (χ1v) is 12.0. The molecule has 0 radical (unpaired) electrons. The maximum Gasteiger partial charge on any atom is 0.247 e. The standard InChI is InChI=1S/C28H28ClFN2O4/c1-6-31-27(34)17-11-20-22(12-17)32(14-21(29)25(20)33)23-13-18(28(4,5)35)7-8-24(23)36-26-15(2)9-19(30)10-16(26)3/h7-10,12-14,35H,6,11H2,1-5H3,(H,31,34). The number of carbonyl (C=O) groups excluding carboxylic acids is 1. The van der Waals surface area contributed by atoms with Crippen LogP contribution >= 0.6 is 11.6 Å². The summed E-state index contributed by atoms with van der Waals surface area (Å²) in [5, 5.41) is 13.5. The molecule has 2 aromatic carbocycles. The number of nitrogens with one attached hydrogen (secondary N) is 1. The molecule has 36 heavy (non-hydrogen) atoms. The second-order valence-electron chi connectivity index (χ2n) is 9.46. The minimum atomic E-state index is -1.16. The highest BCUT2D eigenvalue weighted by atomic mass is 35.5. The highest BCUT2D eigenvalue weighted by Crippen LogP contribution is 2.38. The molecule has 6 nitrogen and oxygen atoms in total. The van der Waals surface area contributed by atoms with Crippen molar-refractivity contribution in [2.24, 2.45) is 0 Å². The predicted molar refractivity (Wildman–Crippen MR) is 139 cm³/mol. The molecule has 1 heterocycles. The quantitative estimate of drug-likeness (QED) is 0.469. The van der Waals surface area contributed by atoms with E-state index in [1.807, 2.05) is 6.92 Å². The van der Waals surface area contributed by atoms with Gasteiger partial charge in [0.15, 0.2) is 5.75 Å². The van der Waals surface area contributed by atoms with Crippen molar-refractivity contribution in [3.8, 4) is 17.2 Å². The van der Waals surface area contributed by atoms with Crippen molar-refractivity contribution in [2.75, 3.05) is 6.54 Å². The molecule has 1 aliphatic carbocycles. The van der Waals surface area contributed by atoms with Crippen LogP contribution in [-0.2, 0) is 16.8 Å². The Morgan fingerprint density at radius 3 is 2.50 bits per heavy atom. The Balaban J connectivity index is 1.96. The first-order valence-electron chi connectivity index (χ1n) is 11.7. The molecule has 1 aliphatic rings. The summed E-state index contributed by atoms with van der Waals surface area (Å²) in [7, 11) is 0. The third-order valence-electron chi connectivity index (χ3n) is 6.17. The van der Waals surface area contributed by atoms with E-state index in [1.165, 1.54) is 18.3 Å². The van der Waals surface area contributed by atoms with Crippen LogP contribution in [0, 0.1) is 19.7 Å². The SMILES string of the molecule is CCNC(=O)C1=Cc2c(c(=O)c(Cl)cn2-c2cc(C(C)(C)O)ccc2Oc2c(C)cc(F)cc2C)C1. The highest BCUT2D eigenvalue weighted by molar-refractivity contribution is 6.30. The molecule has 0 fully saturated rings. The summed E-state index contributed by atoms with van der Waals surface area (Å²) >= 11 is 6.36. The second kappa shape index (κ2) is 9.56. The van der Waals surface area contributed by atoms with Crippen LogP contribution in [-0.4, -0.2) is 22.1 Å². The van der Waals surface area contributed by atoms with Gasteiger partial charge in [0, 0.05) is 30.3 Å². The summed E-state index contributed by atoms with van der Waals surface area (Å²) in [6.07, 6.45) is 3.31. The van der Waals surface area contributed by atoms with Gasteiger partial charge in [0.25, 0.3) is 0 Å². The number of ether oxygens (including phenoxy) is 1. The van der Waals surface area contributed by atoms with Gasteiger partial charge in [-0.05, 0) is 81.7 Å². The van der Waals surface area contributed by atoms with E-state index in [1.54, 1.807) is 56.5 Å². The molecule has 1 amide bonds. The molecule has 0 unspecified atom stereocenters. The molecule has 188 valence electrons. The zero-order chi connectivity index (χ0) is 26.4. The summed E-state index contributed by atoms with van der Waals surface area (Å²) in [5.41, 5.74) is 2.20. The third-order valence-corrected chi connectivity index (χ3v) is 6.44. The fourth-order valence-electron chi connectivity index (χ4n) is 4.34. The van der Waals surface area contributed by atoms with E-state index in [2.05, 4.69) is 5.32 Å². The van der Waals surface area contributed by atoms with Crippen LogP contribution < -0.4 is 15.5 Å². The number of aryl methyl sites for hydroxylation is 2. The molecule has 4 rings (SSSR count). The summed E-state index contributed by atoms with van der Waals surface area (Å²) < 4.78 is 21.9. The van der Waals surface area contributed by atoms with Crippen LogP contribution in [0.3, 0.4) is 0 Å². The molecule has 1 aromatic heterocycles. The molecule has 3 aromatic rings. The fourth-order valence-corrected chi connectivity index (χ4v) is 4.55. The summed E-state index contributed by atoms with van der Waals surface area (Å²) in [4.78, 5) is 25.4. The molecule has 0 spiro atoms. The molecule has 0 bridgehead atoms. The average Bonchev–Trinajstić information content (AvgIpc) is 3.24. The van der Waals surface area contributed by atoms with Crippen molar-refractivity contribution < 1.29 is 19.0 Å². The van der Waals surface area contributed by atoms with Gasteiger partial charge in [-0.15, -0.1) is 0 Å². The largest absolute Gasteiger partial charge is 0.455 e. The van der Waals surface area contributed by atoms with Crippen LogP contribution in [0.2, 0.25) is 5.02 Å². The van der Waals surface area contributed by atoms with Crippen LogP contribution in [0.15, 0.2) is 46.9 Å². The van der Waals surface area contributed by atoms with Crippen molar-refractivity contribution in [1.29, 1.82) is 0 Å². The van der Waals surface area contributed by atoms with Gasteiger partial charge in [0.05, 0.1) is 17.0 Å². The van der Waals surface area contributed by atoms with E-state index >= 15 is 0 Å². The number of halogens is 2. The smallest absolute Gasteiger partial charge is 0.247 e. The number of amides is 1. The molecule has 0 atom stereocenters. The van der Waals surface area contributed by atoms with Crippen molar-refractivity contribution >= 4 is 23.6 Å². The average molecular weight is 511 g/mol. The Labute approximate surface area is 214 Å². The minimum absolute atomic E-state index is 0.00643. The summed E-state index contributed by atoms with van der Waals surface area (Å²) in [6.45, 7) is 9.12. The third kappa shape index (κ3) is 4.81. The molecule has 0 saturated heterocycles. The molecule has 0 aliphatic heterocycles. The van der Waals surface area contributed by atoms with Gasteiger partial charge in [0.2, 0.25) is 11.3 Å². The van der Waals surface area contributed by atoms with Gasteiger partial charge >= 0.3 is 0 Å². The Morgan fingerprint density at radius 2 is 1.89 bits per heavy atom. The van der Waals surface area contributed by atoms with Gasteiger partial charge in [-0.3, -0.25) is 9.59 Å². The number of hydrogen-bond donors (Lipinski definition) is 2. The van der Waals surface area contributed by atoms with Crippen LogP contribution in [0.1, 0.15) is 48.7 Å². The summed E-state index contributed by atoms with van der Waals surface area (Å²) in [6, 6.07) is 7.99. The first kappa shape index (κ1) is 25.7. The van der Waals surface area contributed by atoms with Crippen molar-refractivity contribution in [1.82, 2.24) is 9.88 Å². The number of rotatable bonds is 6. The second-order valence-corrected chi connectivity index (χ2v) is 9.87. The monoisotopic (exact) mass is 510 g/mol. The van der Waals surface area contributed by atoms with Gasteiger partial charge in [0.1, 0.15) is 16.6 Å². The first-order chi connectivity index (χ1) is 16.9. The van der Waals surface area contributed by atoms with E-state index in [9.17, 15) is 19.1 Å². The van der Waals surface area contributed by atoms with Crippen LogP contribution in [0.4, 0.5) is 4.39 Å². The zero-order valence-corrected chi connectivity index (χ0v) is 21.6. The maximum absolute atomic E-state index is 13.9. The number of carbonyl (C=O) groups is 1. The Morgan fingerprint density at radius 1 is 1.22 bits per heavy atom. The van der Waals surface area contributed by atoms with Gasteiger partial charge in [-0.25, -0.2) is 4.39 Å². The van der Waals surface area contributed by atoms with Gasteiger partial charge in [-0.1, -0.05) is 17.7 Å². The molecular formula is C28H28ClFN2O4. The lowest BCUT2D eigenvalue weighted by Crippen LogP contribution is -2.25. The van der Waals surface area contributed by atoms with E-state index < -0.39 is 5.60 Å². The van der Waals surface area contributed by atoms with E-state index in [0.29, 0.717) is 57.3 Å². The molecule has 8 heteroatoms. The lowest BCUT2D eigenvalue weighted by Gasteiger charge is -2.23.